The SMILES string of the molecule is CCC(C(=O)Nc1oc(-c2ccccc2)c(-c2ccccc2)c1C#N)n1c(N)nnc1SCCc1ccccc1. The van der Waals surface area contributed by atoms with E-state index in [1.165, 1.54) is 17.3 Å². The fourth-order valence-corrected chi connectivity index (χ4v) is 5.54. The molecular weight excluding hydrogens is 520 g/mol. The van der Waals surface area contributed by atoms with Crippen molar-refractivity contribution in [1.82, 2.24) is 14.8 Å². The van der Waals surface area contributed by atoms with Crippen LogP contribution in [-0.4, -0.2) is 26.4 Å². The highest BCUT2D eigenvalue weighted by molar-refractivity contribution is 7.99. The van der Waals surface area contributed by atoms with Gasteiger partial charge in [-0.2, -0.15) is 5.26 Å². The maximum absolute atomic E-state index is 13.7. The molecule has 8 nitrogen and oxygen atoms in total. The van der Waals surface area contributed by atoms with E-state index in [2.05, 4.69) is 33.7 Å². The zero-order valence-corrected chi connectivity index (χ0v) is 22.8. The number of thioether (sulfide) groups is 1. The third kappa shape index (κ3) is 5.63. The molecule has 40 heavy (non-hydrogen) atoms. The van der Waals surface area contributed by atoms with Crippen molar-refractivity contribution < 1.29 is 9.21 Å². The Morgan fingerprint density at radius 2 is 1.62 bits per heavy atom. The molecule has 2 heterocycles. The van der Waals surface area contributed by atoms with E-state index in [1.54, 1.807) is 4.57 Å². The van der Waals surface area contributed by atoms with Crippen molar-refractivity contribution in [2.24, 2.45) is 0 Å². The summed E-state index contributed by atoms with van der Waals surface area (Å²) < 4.78 is 7.85. The van der Waals surface area contributed by atoms with Gasteiger partial charge in [-0.1, -0.05) is 110 Å². The van der Waals surface area contributed by atoms with Gasteiger partial charge in [-0.25, -0.2) is 0 Å². The molecule has 1 atom stereocenters. The number of amides is 1. The molecule has 5 aromatic rings. The number of aromatic nitrogens is 3. The highest BCUT2D eigenvalue weighted by Crippen LogP contribution is 2.41. The lowest BCUT2D eigenvalue weighted by Gasteiger charge is -2.18. The normalized spacial score (nSPS) is 11.6. The average Bonchev–Trinajstić information content (AvgIpc) is 3.55. The number of nitrogen functional groups attached to an aromatic ring is 1. The van der Waals surface area contributed by atoms with Crippen LogP contribution in [0.2, 0.25) is 0 Å². The number of nitrogens with one attached hydrogen (secondary N) is 1. The van der Waals surface area contributed by atoms with Crippen LogP contribution < -0.4 is 11.1 Å². The summed E-state index contributed by atoms with van der Waals surface area (Å²) in [5.74, 6) is 1.13. The van der Waals surface area contributed by atoms with E-state index >= 15 is 0 Å². The van der Waals surface area contributed by atoms with Crippen LogP contribution in [0, 0.1) is 11.3 Å². The molecule has 0 saturated carbocycles. The monoisotopic (exact) mass is 548 g/mol. The predicted molar refractivity (Wildman–Crippen MR) is 158 cm³/mol. The maximum atomic E-state index is 13.7. The van der Waals surface area contributed by atoms with Gasteiger partial charge in [0.05, 0.1) is 0 Å². The van der Waals surface area contributed by atoms with E-state index in [1.807, 2.05) is 85.8 Å². The van der Waals surface area contributed by atoms with Gasteiger partial charge in [-0.05, 0) is 24.0 Å². The molecule has 0 bridgehead atoms. The molecule has 0 aliphatic carbocycles. The predicted octanol–water partition coefficient (Wildman–Crippen LogP) is 6.58. The second-order valence-corrected chi connectivity index (χ2v) is 10.1. The third-order valence-corrected chi connectivity index (χ3v) is 7.46. The largest absolute Gasteiger partial charge is 0.438 e. The molecular formula is C31H28N6O2S. The van der Waals surface area contributed by atoms with Gasteiger partial charge in [0.25, 0.3) is 0 Å². The van der Waals surface area contributed by atoms with Gasteiger partial charge < -0.3 is 10.2 Å². The van der Waals surface area contributed by atoms with E-state index in [0.29, 0.717) is 22.9 Å². The maximum Gasteiger partial charge on any atom is 0.249 e. The number of carbonyl (C=O) groups is 1. The Bertz CT molecular complexity index is 1630. The lowest BCUT2D eigenvalue weighted by atomic mass is 9.98. The zero-order chi connectivity index (χ0) is 27.9. The smallest absolute Gasteiger partial charge is 0.249 e. The standard InChI is InChI=1S/C31H28N6O2S/c1-2-25(37-30(33)35-36-31(37)40-19-18-21-12-6-3-7-13-21)28(38)34-29-24(20-32)26(22-14-8-4-9-15-22)27(39-29)23-16-10-5-11-17-23/h3-17,25H,2,18-19H2,1H3,(H2,33,35)(H,34,38). The third-order valence-electron chi connectivity index (χ3n) is 6.51. The molecule has 1 amide bonds. The van der Waals surface area contributed by atoms with Crippen LogP contribution in [-0.2, 0) is 11.2 Å². The van der Waals surface area contributed by atoms with Crippen LogP contribution in [0.5, 0.6) is 0 Å². The molecule has 0 aliphatic heterocycles. The van der Waals surface area contributed by atoms with Crippen LogP contribution in [0.4, 0.5) is 11.8 Å². The van der Waals surface area contributed by atoms with Crippen molar-refractivity contribution in [3.8, 4) is 28.5 Å². The van der Waals surface area contributed by atoms with Crippen molar-refractivity contribution in [3.63, 3.8) is 0 Å². The Labute approximate surface area is 236 Å². The summed E-state index contributed by atoms with van der Waals surface area (Å²) >= 11 is 1.49. The number of nitrogens with two attached hydrogens (primary N) is 1. The number of benzene rings is 3. The number of aryl methyl sites for hydroxylation is 1. The van der Waals surface area contributed by atoms with E-state index < -0.39 is 6.04 Å². The van der Waals surface area contributed by atoms with E-state index in [0.717, 1.165) is 23.3 Å². The first kappa shape index (κ1) is 26.8. The molecule has 0 spiro atoms. The van der Waals surface area contributed by atoms with Crippen LogP contribution in [0.1, 0.15) is 30.5 Å². The number of rotatable bonds is 10. The summed E-state index contributed by atoms with van der Waals surface area (Å²) in [5.41, 5.74) is 9.89. The van der Waals surface area contributed by atoms with Crippen molar-refractivity contribution in [1.29, 1.82) is 5.26 Å². The summed E-state index contributed by atoms with van der Waals surface area (Å²) in [6.07, 6.45) is 1.27. The average molecular weight is 549 g/mol. The number of carbonyl (C=O) groups excluding carboxylic acids is 1. The van der Waals surface area contributed by atoms with Crippen molar-refractivity contribution in [2.75, 3.05) is 16.8 Å². The molecule has 9 heteroatoms. The first-order chi connectivity index (χ1) is 19.6. The van der Waals surface area contributed by atoms with E-state index in [9.17, 15) is 10.1 Å². The molecule has 5 rings (SSSR count). The molecule has 0 fully saturated rings. The quantitative estimate of drug-likeness (QED) is 0.189. The van der Waals surface area contributed by atoms with Gasteiger partial charge in [-0.3, -0.25) is 14.7 Å². The Balaban J connectivity index is 1.44. The highest BCUT2D eigenvalue weighted by Gasteiger charge is 2.29. The zero-order valence-electron chi connectivity index (χ0n) is 21.9. The number of hydrogen-bond acceptors (Lipinski definition) is 7. The van der Waals surface area contributed by atoms with Crippen molar-refractivity contribution in [3.05, 3.63) is 102 Å². The second kappa shape index (κ2) is 12.4. The summed E-state index contributed by atoms with van der Waals surface area (Å²) in [4.78, 5) is 13.7. The number of nitrogens with zero attached hydrogens (tertiary/aromatic N) is 4. The minimum Gasteiger partial charge on any atom is -0.438 e. The lowest BCUT2D eigenvalue weighted by Crippen LogP contribution is -2.27. The molecule has 0 saturated heterocycles. The summed E-state index contributed by atoms with van der Waals surface area (Å²) in [6, 6.07) is 30.7. The van der Waals surface area contributed by atoms with Gasteiger partial charge in [0.15, 0.2) is 5.16 Å². The van der Waals surface area contributed by atoms with Crippen molar-refractivity contribution >= 4 is 29.5 Å². The van der Waals surface area contributed by atoms with Gasteiger partial charge in [0.2, 0.25) is 17.7 Å². The molecule has 2 aromatic heterocycles. The Hall–Kier alpha value is -4.81. The second-order valence-electron chi connectivity index (χ2n) is 9.06. The first-order valence-corrected chi connectivity index (χ1v) is 13.9. The number of anilines is 2. The molecule has 3 aromatic carbocycles. The lowest BCUT2D eigenvalue weighted by molar-refractivity contribution is -0.119. The topological polar surface area (TPSA) is 123 Å². The van der Waals surface area contributed by atoms with Gasteiger partial charge in [-0.15, -0.1) is 10.2 Å². The highest BCUT2D eigenvalue weighted by atomic mass is 32.2. The molecule has 200 valence electrons. The van der Waals surface area contributed by atoms with E-state index in [4.69, 9.17) is 10.2 Å². The Kier molecular flexibility index (Phi) is 8.28. The number of furan rings is 1. The van der Waals surface area contributed by atoms with Crippen LogP contribution in [0.25, 0.3) is 22.5 Å². The summed E-state index contributed by atoms with van der Waals surface area (Å²) in [5, 5.41) is 21.9. The Morgan fingerprint density at radius 3 is 2.25 bits per heavy atom. The van der Waals surface area contributed by atoms with Crippen LogP contribution in [0.3, 0.4) is 0 Å². The summed E-state index contributed by atoms with van der Waals surface area (Å²) in [6.45, 7) is 1.89. The molecule has 0 radical (unpaired) electrons. The fourth-order valence-electron chi connectivity index (χ4n) is 4.56. The molecule has 3 N–H and O–H groups in total. The first-order valence-electron chi connectivity index (χ1n) is 13.0. The van der Waals surface area contributed by atoms with Gasteiger partial charge in [0.1, 0.15) is 23.4 Å². The van der Waals surface area contributed by atoms with Crippen LogP contribution in [0.15, 0.2) is 101 Å². The van der Waals surface area contributed by atoms with Gasteiger partial charge in [0, 0.05) is 16.9 Å². The van der Waals surface area contributed by atoms with E-state index in [-0.39, 0.29) is 23.3 Å². The van der Waals surface area contributed by atoms with Gasteiger partial charge >= 0.3 is 0 Å². The van der Waals surface area contributed by atoms with Crippen molar-refractivity contribution in [2.45, 2.75) is 31.0 Å². The Morgan fingerprint density at radius 1 is 1.00 bits per heavy atom. The fraction of sp³-hybridized carbons (Fsp3) is 0.161. The van der Waals surface area contributed by atoms with Crippen LogP contribution >= 0.6 is 11.8 Å². The molecule has 0 aliphatic rings. The minimum absolute atomic E-state index is 0.0913. The minimum atomic E-state index is -0.703. The number of hydrogen-bond donors (Lipinski definition) is 2. The number of nitriles is 1. The summed E-state index contributed by atoms with van der Waals surface area (Å²) in [7, 11) is 0. The molecule has 1 unspecified atom stereocenters.